The Hall–Kier alpha value is -1.70. The number of carbonyl (C=O) groups is 1. The van der Waals surface area contributed by atoms with Crippen molar-refractivity contribution in [2.24, 2.45) is 0 Å². The molecular formula is C16H20N2O3S2. The van der Waals surface area contributed by atoms with Gasteiger partial charge in [-0.05, 0) is 37.3 Å². The molecule has 1 heterocycles. The average Bonchev–Trinajstić information content (AvgIpc) is 2.95. The Labute approximate surface area is 141 Å². The van der Waals surface area contributed by atoms with Crippen LogP contribution in [0, 0.1) is 6.92 Å². The van der Waals surface area contributed by atoms with Gasteiger partial charge < -0.3 is 5.32 Å². The molecule has 0 aliphatic heterocycles. The van der Waals surface area contributed by atoms with Crippen LogP contribution in [0.25, 0.3) is 0 Å². The minimum Gasteiger partial charge on any atom is -0.321 e. The first-order chi connectivity index (χ1) is 10.9. The van der Waals surface area contributed by atoms with E-state index >= 15 is 0 Å². The number of amides is 1. The van der Waals surface area contributed by atoms with Crippen molar-refractivity contribution < 1.29 is 13.2 Å². The fourth-order valence-corrected chi connectivity index (χ4v) is 4.46. The zero-order chi connectivity index (χ0) is 17.0. The van der Waals surface area contributed by atoms with Crippen LogP contribution in [0.1, 0.15) is 28.4 Å². The van der Waals surface area contributed by atoms with E-state index in [1.807, 2.05) is 13.0 Å². The van der Waals surface area contributed by atoms with Gasteiger partial charge in [0.15, 0.2) is 0 Å². The first kappa shape index (κ1) is 17.7. The van der Waals surface area contributed by atoms with Gasteiger partial charge in [0.05, 0.1) is 9.77 Å². The summed E-state index contributed by atoms with van der Waals surface area (Å²) in [7, 11) is -3.54. The highest BCUT2D eigenvalue weighted by Crippen LogP contribution is 2.21. The molecule has 2 aromatic rings. The molecule has 124 valence electrons. The van der Waals surface area contributed by atoms with E-state index in [0.717, 1.165) is 4.88 Å². The number of hydrogen-bond acceptors (Lipinski definition) is 4. The fourth-order valence-electron chi connectivity index (χ4n) is 2.20. The van der Waals surface area contributed by atoms with Crippen LogP contribution in [0.5, 0.6) is 0 Å². The summed E-state index contributed by atoms with van der Waals surface area (Å²) in [5.74, 6) is -0.236. The summed E-state index contributed by atoms with van der Waals surface area (Å²) in [6, 6.07) is 9.97. The Morgan fingerprint density at radius 1 is 1.17 bits per heavy atom. The Morgan fingerprint density at radius 3 is 2.43 bits per heavy atom. The molecule has 23 heavy (non-hydrogen) atoms. The van der Waals surface area contributed by atoms with Gasteiger partial charge in [-0.25, -0.2) is 8.42 Å². The maximum atomic E-state index is 12.5. The van der Waals surface area contributed by atoms with Crippen LogP contribution in [0.2, 0.25) is 0 Å². The minimum atomic E-state index is -3.54. The van der Waals surface area contributed by atoms with Crippen molar-refractivity contribution in [2.75, 3.05) is 18.4 Å². The number of anilines is 1. The molecule has 1 aromatic heterocycles. The molecular weight excluding hydrogens is 332 g/mol. The highest BCUT2D eigenvalue weighted by molar-refractivity contribution is 7.89. The Morgan fingerprint density at radius 2 is 1.87 bits per heavy atom. The van der Waals surface area contributed by atoms with Gasteiger partial charge in [0, 0.05) is 23.7 Å². The molecule has 7 heteroatoms. The zero-order valence-electron chi connectivity index (χ0n) is 13.4. The molecule has 1 amide bonds. The number of nitrogens with zero attached hydrogens (tertiary/aromatic N) is 1. The number of benzene rings is 1. The number of carbonyl (C=O) groups excluding carboxylic acids is 1. The van der Waals surface area contributed by atoms with Gasteiger partial charge in [-0.1, -0.05) is 19.9 Å². The smallest absolute Gasteiger partial charge is 0.265 e. The van der Waals surface area contributed by atoms with Gasteiger partial charge in [-0.15, -0.1) is 11.3 Å². The Kier molecular flexibility index (Phi) is 5.56. The topological polar surface area (TPSA) is 66.5 Å². The maximum Gasteiger partial charge on any atom is 0.265 e. The molecule has 0 spiro atoms. The highest BCUT2D eigenvalue weighted by atomic mass is 32.2. The molecule has 1 aromatic carbocycles. The molecule has 0 atom stereocenters. The summed E-state index contributed by atoms with van der Waals surface area (Å²) in [5.41, 5.74) is 0.467. The summed E-state index contributed by atoms with van der Waals surface area (Å²) in [5, 5.41) is 2.75. The van der Waals surface area contributed by atoms with E-state index in [1.54, 1.807) is 38.1 Å². The second-order valence-corrected chi connectivity index (χ2v) is 8.21. The number of aryl methyl sites for hydroxylation is 1. The second-order valence-electron chi connectivity index (χ2n) is 4.98. The first-order valence-corrected chi connectivity index (χ1v) is 9.62. The molecule has 0 aliphatic rings. The van der Waals surface area contributed by atoms with Crippen molar-refractivity contribution in [3.05, 3.63) is 46.2 Å². The van der Waals surface area contributed by atoms with E-state index in [2.05, 4.69) is 5.32 Å². The number of thiophene rings is 1. The van der Waals surface area contributed by atoms with Crippen molar-refractivity contribution in [1.82, 2.24) is 4.31 Å². The highest BCUT2D eigenvalue weighted by Gasteiger charge is 2.22. The number of hydrogen-bond donors (Lipinski definition) is 1. The van der Waals surface area contributed by atoms with E-state index in [0.29, 0.717) is 23.7 Å². The summed E-state index contributed by atoms with van der Waals surface area (Å²) in [6.07, 6.45) is 0. The molecule has 0 fully saturated rings. The third kappa shape index (κ3) is 3.99. The van der Waals surface area contributed by atoms with Gasteiger partial charge in [0.25, 0.3) is 5.91 Å². The van der Waals surface area contributed by atoms with Crippen LogP contribution in [-0.2, 0) is 10.0 Å². The third-order valence-electron chi connectivity index (χ3n) is 3.40. The van der Waals surface area contributed by atoms with Crippen LogP contribution < -0.4 is 5.32 Å². The van der Waals surface area contributed by atoms with Crippen LogP contribution in [0.15, 0.2) is 41.3 Å². The molecule has 5 nitrogen and oxygen atoms in total. The molecule has 0 radical (unpaired) electrons. The molecule has 0 aliphatic carbocycles. The Bertz CT molecular complexity index is 793. The monoisotopic (exact) mass is 352 g/mol. The lowest BCUT2D eigenvalue weighted by molar-refractivity contribution is 0.103. The normalized spacial score (nSPS) is 11.7. The van der Waals surface area contributed by atoms with Crippen LogP contribution >= 0.6 is 11.3 Å². The second kappa shape index (κ2) is 7.25. The summed E-state index contributed by atoms with van der Waals surface area (Å²) in [6.45, 7) is 6.34. The lowest BCUT2D eigenvalue weighted by Gasteiger charge is -2.18. The van der Waals surface area contributed by atoms with Crippen LogP contribution in [-0.4, -0.2) is 31.7 Å². The van der Waals surface area contributed by atoms with Crippen molar-refractivity contribution in [3.8, 4) is 0 Å². The van der Waals surface area contributed by atoms with Gasteiger partial charge in [-0.3, -0.25) is 4.79 Å². The fraction of sp³-hybridized carbons (Fsp3) is 0.312. The number of nitrogens with one attached hydrogen (secondary N) is 1. The van der Waals surface area contributed by atoms with Gasteiger partial charge >= 0.3 is 0 Å². The first-order valence-electron chi connectivity index (χ1n) is 7.36. The van der Waals surface area contributed by atoms with Crippen molar-refractivity contribution in [3.63, 3.8) is 0 Å². The van der Waals surface area contributed by atoms with Crippen LogP contribution in [0.3, 0.4) is 0 Å². The van der Waals surface area contributed by atoms with Crippen LogP contribution in [0.4, 0.5) is 5.69 Å². The maximum absolute atomic E-state index is 12.5. The molecule has 2 rings (SSSR count). The van der Waals surface area contributed by atoms with E-state index in [9.17, 15) is 13.2 Å². The van der Waals surface area contributed by atoms with Gasteiger partial charge in [-0.2, -0.15) is 4.31 Å². The third-order valence-corrected chi connectivity index (χ3v) is 6.44. The molecule has 0 saturated carbocycles. The Balaban J connectivity index is 2.25. The van der Waals surface area contributed by atoms with Gasteiger partial charge in [0.1, 0.15) is 0 Å². The predicted octanol–water partition coefficient (Wildman–Crippen LogP) is 3.34. The average molecular weight is 352 g/mol. The molecule has 1 N–H and O–H groups in total. The standard InChI is InChI=1S/C16H20N2O3S2/c1-4-18(5-2)23(20,21)14-8-6-7-13(11-14)17-16(19)15-10-9-12(3)22-15/h6-11H,4-5H2,1-3H3,(H,17,19). The number of rotatable bonds is 6. The van der Waals surface area contributed by atoms with Gasteiger partial charge in [0.2, 0.25) is 10.0 Å². The van der Waals surface area contributed by atoms with Crippen molar-refractivity contribution in [2.45, 2.75) is 25.7 Å². The predicted molar refractivity (Wildman–Crippen MR) is 93.6 cm³/mol. The minimum absolute atomic E-state index is 0.182. The zero-order valence-corrected chi connectivity index (χ0v) is 15.0. The molecule has 0 bridgehead atoms. The summed E-state index contributed by atoms with van der Waals surface area (Å²) >= 11 is 1.40. The van der Waals surface area contributed by atoms with E-state index in [4.69, 9.17) is 0 Å². The summed E-state index contributed by atoms with van der Waals surface area (Å²) < 4.78 is 26.4. The SMILES string of the molecule is CCN(CC)S(=O)(=O)c1cccc(NC(=O)c2ccc(C)s2)c1. The molecule has 0 saturated heterocycles. The van der Waals surface area contributed by atoms with E-state index in [-0.39, 0.29) is 10.8 Å². The molecule has 0 unspecified atom stereocenters. The largest absolute Gasteiger partial charge is 0.321 e. The summed E-state index contributed by atoms with van der Waals surface area (Å²) in [4.78, 5) is 14.0. The van der Waals surface area contributed by atoms with E-state index in [1.165, 1.54) is 21.7 Å². The van der Waals surface area contributed by atoms with Crippen molar-refractivity contribution in [1.29, 1.82) is 0 Å². The lowest BCUT2D eigenvalue weighted by Crippen LogP contribution is -2.30. The lowest BCUT2D eigenvalue weighted by atomic mass is 10.3. The van der Waals surface area contributed by atoms with E-state index < -0.39 is 10.0 Å². The quantitative estimate of drug-likeness (QED) is 0.867. The van der Waals surface area contributed by atoms with Crippen molar-refractivity contribution >= 4 is 33.0 Å². The number of sulfonamides is 1.